The second-order valence-corrected chi connectivity index (χ2v) is 8.61. The molecule has 2 aromatic heterocycles. The Kier molecular flexibility index (Phi) is 6.52. The number of hydrogen-bond donors (Lipinski definition) is 1. The van der Waals surface area contributed by atoms with Gasteiger partial charge >= 0.3 is 0 Å². The van der Waals surface area contributed by atoms with Crippen LogP contribution in [0.5, 0.6) is 11.5 Å². The third kappa shape index (κ3) is 4.77. The quantitative estimate of drug-likeness (QED) is 0.419. The summed E-state index contributed by atoms with van der Waals surface area (Å²) in [7, 11) is 3.28. The summed E-state index contributed by atoms with van der Waals surface area (Å²) in [6, 6.07) is 17.3. The minimum atomic E-state index is -0.0795. The van der Waals surface area contributed by atoms with Crippen LogP contribution >= 0.6 is 0 Å². The van der Waals surface area contributed by atoms with Crippen molar-refractivity contribution in [2.24, 2.45) is 0 Å². The average Bonchev–Trinajstić information content (AvgIpc) is 3.59. The van der Waals surface area contributed by atoms with E-state index in [0.717, 1.165) is 35.5 Å². The van der Waals surface area contributed by atoms with E-state index >= 15 is 0 Å². The molecule has 1 N–H and O–H groups in total. The number of ether oxygens (including phenoxy) is 2. The van der Waals surface area contributed by atoms with Crippen LogP contribution in [0.2, 0.25) is 0 Å². The Hall–Kier alpha value is -4.07. The number of benzene rings is 2. The number of methoxy groups -OCH3 is 2. The molecule has 0 bridgehead atoms. The van der Waals surface area contributed by atoms with Crippen LogP contribution in [-0.4, -0.2) is 53.3 Å². The Labute approximate surface area is 203 Å². The fraction of sp³-hybridized carbons (Fsp3) is 0.296. The van der Waals surface area contributed by atoms with Crippen LogP contribution in [0.15, 0.2) is 65.2 Å². The minimum Gasteiger partial charge on any atom is -0.496 e. The molecule has 8 heteroatoms. The summed E-state index contributed by atoms with van der Waals surface area (Å²) in [5.41, 5.74) is 3.01. The van der Waals surface area contributed by atoms with E-state index in [4.69, 9.17) is 13.9 Å². The van der Waals surface area contributed by atoms with E-state index in [1.165, 1.54) is 0 Å². The smallest absolute Gasteiger partial charge is 0.271 e. The maximum absolute atomic E-state index is 13.3. The molecule has 35 heavy (non-hydrogen) atoms. The number of oxazole rings is 1. The van der Waals surface area contributed by atoms with Crippen molar-refractivity contribution >= 4 is 5.91 Å². The molecule has 8 nitrogen and oxygen atoms in total. The van der Waals surface area contributed by atoms with Crippen LogP contribution in [0.1, 0.15) is 46.5 Å². The molecule has 1 atom stereocenters. The van der Waals surface area contributed by atoms with E-state index in [0.29, 0.717) is 42.5 Å². The number of nitrogens with zero attached hydrogens (tertiary/aromatic N) is 3. The minimum absolute atomic E-state index is 0.0516. The number of aromatic amines is 1. The van der Waals surface area contributed by atoms with E-state index in [-0.39, 0.29) is 11.8 Å². The van der Waals surface area contributed by atoms with Gasteiger partial charge in [-0.2, -0.15) is 5.10 Å². The maximum Gasteiger partial charge on any atom is 0.271 e. The van der Waals surface area contributed by atoms with Crippen molar-refractivity contribution in [1.82, 2.24) is 20.1 Å². The summed E-state index contributed by atoms with van der Waals surface area (Å²) in [6.07, 6.45) is 4.19. The SMILES string of the molecule is COc1ccccc1Cc1cnc([C@H]2CCCN(C(=O)c3cc(-c4ccccc4OC)n[nH]3)C2)o1. The molecular weight excluding hydrogens is 444 g/mol. The van der Waals surface area contributed by atoms with Crippen molar-refractivity contribution in [1.29, 1.82) is 0 Å². The standard InChI is InChI=1S/C27H28N4O4/c1-33-24-11-5-3-8-18(24)14-20-16-28-26(35-20)19-9-7-13-31(17-19)27(32)23-15-22(29-30-23)21-10-4-6-12-25(21)34-2/h3-6,8,10-12,15-16,19H,7,9,13-14,17H2,1-2H3,(H,29,30)/t19-/m0/s1. The van der Waals surface area contributed by atoms with E-state index in [9.17, 15) is 4.79 Å². The molecule has 180 valence electrons. The van der Waals surface area contributed by atoms with Crippen LogP contribution < -0.4 is 9.47 Å². The highest BCUT2D eigenvalue weighted by atomic mass is 16.5. The number of rotatable bonds is 7. The van der Waals surface area contributed by atoms with Gasteiger partial charge in [0.1, 0.15) is 23.0 Å². The third-order valence-corrected chi connectivity index (χ3v) is 6.38. The van der Waals surface area contributed by atoms with Crippen molar-refractivity contribution in [3.63, 3.8) is 0 Å². The van der Waals surface area contributed by atoms with Crippen LogP contribution in [0.25, 0.3) is 11.3 Å². The zero-order chi connectivity index (χ0) is 24.2. The van der Waals surface area contributed by atoms with Gasteiger partial charge in [-0.3, -0.25) is 9.89 Å². The monoisotopic (exact) mass is 472 g/mol. The molecule has 1 saturated heterocycles. The van der Waals surface area contributed by atoms with Gasteiger partial charge in [-0.05, 0) is 37.1 Å². The molecular formula is C27H28N4O4. The van der Waals surface area contributed by atoms with Crippen molar-refractivity contribution in [2.45, 2.75) is 25.2 Å². The van der Waals surface area contributed by atoms with Gasteiger partial charge in [0.15, 0.2) is 5.89 Å². The number of para-hydroxylation sites is 2. The van der Waals surface area contributed by atoms with Crippen molar-refractivity contribution in [3.8, 4) is 22.8 Å². The summed E-state index contributed by atoms with van der Waals surface area (Å²) in [6.45, 7) is 1.24. The summed E-state index contributed by atoms with van der Waals surface area (Å²) >= 11 is 0. The second kappa shape index (κ2) is 10.0. The highest BCUT2D eigenvalue weighted by molar-refractivity contribution is 5.93. The topological polar surface area (TPSA) is 93.5 Å². The normalized spacial score (nSPS) is 15.7. The molecule has 4 aromatic rings. The van der Waals surface area contributed by atoms with Crippen LogP contribution in [-0.2, 0) is 6.42 Å². The first-order chi connectivity index (χ1) is 17.2. The summed E-state index contributed by atoms with van der Waals surface area (Å²) in [4.78, 5) is 19.6. The Morgan fingerprint density at radius 1 is 1.11 bits per heavy atom. The molecule has 0 spiro atoms. The second-order valence-electron chi connectivity index (χ2n) is 8.61. The summed E-state index contributed by atoms with van der Waals surface area (Å²) in [5.74, 6) is 2.96. The molecule has 0 saturated carbocycles. The predicted octanol–water partition coefficient (Wildman–Crippen LogP) is 4.69. The van der Waals surface area contributed by atoms with E-state index in [1.807, 2.05) is 53.4 Å². The molecule has 0 unspecified atom stereocenters. The molecule has 5 rings (SSSR count). The molecule has 1 aliphatic heterocycles. The van der Waals surface area contributed by atoms with Gasteiger partial charge in [-0.15, -0.1) is 0 Å². The average molecular weight is 473 g/mol. The third-order valence-electron chi connectivity index (χ3n) is 6.38. The zero-order valence-electron chi connectivity index (χ0n) is 19.9. The van der Waals surface area contributed by atoms with E-state index < -0.39 is 0 Å². The van der Waals surface area contributed by atoms with Gasteiger partial charge in [0, 0.05) is 30.6 Å². The van der Waals surface area contributed by atoms with Gasteiger partial charge in [0.25, 0.3) is 5.91 Å². The molecule has 0 aliphatic carbocycles. The van der Waals surface area contributed by atoms with Gasteiger partial charge in [-0.25, -0.2) is 4.98 Å². The first kappa shape index (κ1) is 22.7. The Bertz CT molecular complexity index is 1310. The largest absolute Gasteiger partial charge is 0.496 e. The number of hydrogen-bond acceptors (Lipinski definition) is 6. The van der Waals surface area contributed by atoms with E-state index in [2.05, 4.69) is 15.2 Å². The number of carbonyl (C=O) groups is 1. The number of aromatic nitrogens is 3. The first-order valence-electron chi connectivity index (χ1n) is 11.7. The number of piperidine rings is 1. The fourth-order valence-corrected chi connectivity index (χ4v) is 4.59. The maximum atomic E-state index is 13.3. The van der Waals surface area contributed by atoms with Crippen LogP contribution in [0.4, 0.5) is 0 Å². The van der Waals surface area contributed by atoms with Gasteiger partial charge < -0.3 is 18.8 Å². The van der Waals surface area contributed by atoms with Crippen LogP contribution in [0.3, 0.4) is 0 Å². The van der Waals surface area contributed by atoms with Gasteiger partial charge in [-0.1, -0.05) is 30.3 Å². The molecule has 1 fully saturated rings. The Balaban J connectivity index is 1.28. The Morgan fingerprint density at radius 3 is 2.71 bits per heavy atom. The highest BCUT2D eigenvalue weighted by Crippen LogP contribution is 2.31. The highest BCUT2D eigenvalue weighted by Gasteiger charge is 2.29. The summed E-state index contributed by atoms with van der Waals surface area (Å²) in [5, 5.41) is 7.25. The molecule has 2 aromatic carbocycles. The fourth-order valence-electron chi connectivity index (χ4n) is 4.59. The molecule has 3 heterocycles. The number of carbonyl (C=O) groups excluding carboxylic acids is 1. The molecule has 1 amide bonds. The lowest BCUT2D eigenvalue weighted by Gasteiger charge is -2.30. The lowest BCUT2D eigenvalue weighted by atomic mass is 9.97. The van der Waals surface area contributed by atoms with Crippen molar-refractivity contribution in [2.75, 3.05) is 27.3 Å². The number of nitrogens with one attached hydrogen (secondary N) is 1. The molecule has 0 radical (unpaired) electrons. The predicted molar refractivity (Wildman–Crippen MR) is 131 cm³/mol. The number of H-pyrrole nitrogens is 1. The van der Waals surface area contributed by atoms with Gasteiger partial charge in [0.05, 0.1) is 32.0 Å². The Morgan fingerprint density at radius 2 is 1.89 bits per heavy atom. The van der Waals surface area contributed by atoms with Crippen molar-refractivity contribution in [3.05, 3.63) is 83.7 Å². The lowest BCUT2D eigenvalue weighted by molar-refractivity contribution is 0.0692. The van der Waals surface area contributed by atoms with Gasteiger partial charge in [0.2, 0.25) is 0 Å². The first-order valence-corrected chi connectivity index (χ1v) is 11.7. The number of likely N-dealkylation sites (tertiary alicyclic amines) is 1. The number of amides is 1. The summed E-state index contributed by atoms with van der Waals surface area (Å²) < 4.78 is 17.0. The molecule has 1 aliphatic rings. The van der Waals surface area contributed by atoms with Crippen LogP contribution in [0, 0.1) is 0 Å². The lowest BCUT2D eigenvalue weighted by Crippen LogP contribution is -2.39. The van der Waals surface area contributed by atoms with E-state index in [1.54, 1.807) is 26.5 Å². The zero-order valence-corrected chi connectivity index (χ0v) is 19.9. The van der Waals surface area contributed by atoms with Crippen molar-refractivity contribution < 1.29 is 18.7 Å².